The zero-order valence-electron chi connectivity index (χ0n) is 8.36. The lowest BCUT2D eigenvalue weighted by Crippen LogP contribution is -2.35. The number of hydrogen-bond donors (Lipinski definition) is 2. The van der Waals surface area contributed by atoms with E-state index in [1.807, 2.05) is 18.9 Å². The van der Waals surface area contributed by atoms with E-state index < -0.39 is 21.7 Å². The van der Waals surface area contributed by atoms with E-state index in [4.69, 9.17) is 5.11 Å². The second kappa shape index (κ2) is 5.94. The molecule has 6 nitrogen and oxygen atoms in total. The van der Waals surface area contributed by atoms with Gasteiger partial charge in [0.15, 0.2) is 5.75 Å². The second-order valence-electron chi connectivity index (χ2n) is 2.94. The molecule has 0 aromatic rings. The van der Waals surface area contributed by atoms with Gasteiger partial charge in [0, 0.05) is 13.1 Å². The number of likely N-dealkylation sites (N-methyl/N-ethyl adjacent to an activating group) is 1. The molecule has 0 heterocycles. The van der Waals surface area contributed by atoms with E-state index >= 15 is 0 Å². The summed E-state index contributed by atoms with van der Waals surface area (Å²) in [6.45, 7) is 3.57. The van der Waals surface area contributed by atoms with Crippen LogP contribution in [-0.4, -0.2) is 56.8 Å². The normalized spacial score (nSPS) is 11.9. The van der Waals surface area contributed by atoms with Gasteiger partial charge in [-0.15, -0.1) is 0 Å². The fourth-order valence-corrected chi connectivity index (χ4v) is 1.59. The minimum absolute atomic E-state index is 0.236. The molecule has 0 bridgehead atoms. The van der Waals surface area contributed by atoms with E-state index in [2.05, 4.69) is 4.72 Å². The predicted molar refractivity (Wildman–Crippen MR) is 52.6 cm³/mol. The molecule has 0 atom stereocenters. The quantitative estimate of drug-likeness (QED) is 0.576. The van der Waals surface area contributed by atoms with Gasteiger partial charge in [-0.25, -0.2) is 13.1 Å². The third-order valence-electron chi connectivity index (χ3n) is 1.67. The molecule has 0 fully saturated rings. The number of rotatable bonds is 7. The Morgan fingerprint density at radius 2 is 2.07 bits per heavy atom. The van der Waals surface area contributed by atoms with Crippen LogP contribution in [0.25, 0.3) is 0 Å². The Balaban J connectivity index is 3.83. The summed E-state index contributed by atoms with van der Waals surface area (Å²) < 4.78 is 24.2. The molecule has 0 saturated heterocycles. The van der Waals surface area contributed by atoms with Crippen LogP contribution in [0.4, 0.5) is 0 Å². The van der Waals surface area contributed by atoms with Gasteiger partial charge < -0.3 is 10.0 Å². The van der Waals surface area contributed by atoms with Crippen molar-refractivity contribution in [1.29, 1.82) is 0 Å². The van der Waals surface area contributed by atoms with Crippen molar-refractivity contribution in [2.45, 2.75) is 6.92 Å². The van der Waals surface area contributed by atoms with Crippen LogP contribution in [-0.2, 0) is 14.8 Å². The highest BCUT2D eigenvalue weighted by atomic mass is 32.2. The van der Waals surface area contributed by atoms with Crippen LogP contribution in [0.5, 0.6) is 0 Å². The topological polar surface area (TPSA) is 86.7 Å². The third-order valence-corrected chi connectivity index (χ3v) is 2.94. The fourth-order valence-electron chi connectivity index (χ4n) is 0.764. The first kappa shape index (κ1) is 13.3. The van der Waals surface area contributed by atoms with Crippen molar-refractivity contribution in [2.24, 2.45) is 0 Å². The van der Waals surface area contributed by atoms with E-state index in [0.717, 1.165) is 6.54 Å². The van der Waals surface area contributed by atoms with Crippen molar-refractivity contribution >= 4 is 16.0 Å². The summed E-state index contributed by atoms with van der Waals surface area (Å²) in [5.74, 6) is -2.22. The minimum Gasteiger partial charge on any atom is -0.480 e. The summed E-state index contributed by atoms with van der Waals surface area (Å²) >= 11 is 0. The van der Waals surface area contributed by atoms with Gasteiger partial charge in [0.25, 0.3) is 0 Å². The summed E-state index contributed by atoms with van der Waals surface area (Å²) in [7, 11) is -1.81. The van der Waals surface area contributed by atoms with Crippen LogP contribution in [0, 0.1) is 0 Å². The zero-order valence-corrected chi connectivity index (χ0v) is 9.17. The number of aliphatic carboxylic acids is 1. The van der Waals surface area contributed by atoms with Gasteiger partial charge in [-0.2, -0.15) is 0 Å². The highest BCUT2D eigenvalue weighted by Gasteiger charge is 2.14. The van der Waals surface area contributed by atoms with Crippen molar-refractivity contribution in [3.63, 3.8) is 0 Å². The first-order chi connectivity index (χ1) is 6.37. The number of nitrogens with one attached hydrogen (secondary N) is 1. The van der Waals surface area contributed by atoms with Crippen LogP contribution in [0.2, 0.25) is 0 Å². The molecule has 84 valence electrons. The molecule has 7 heteroatoms. The Labute approximate surface area is 84.0 Å². The monoisotopic (exact) mass is 224 g/mol. The van der Waals surface area contributed by atoms with Gasteiger partial charge >= 0.3 is 5.97 Å². The number of sulfonamides is 1. The maximum absolute atomic E-state index is 11.0. The maximum atomic E-state index is 11.0. The number of hydrogen-bond acceptors (Lipinski definition) is 4. The smallest absolute Gasteiger partial charge is 0.320 e. The maximum Gasteiger partial charge on any atom is 0.320 e. The number of carboxylic acids is 1. The molecule has 0 unspecified atom stereocenters. The molecule has 0 radical (unpaired) electrons. The highest BCUT2D eigenvalue weighted by Crippen LogP contribution is 1.85. The molecular formula is C7H16N2O4S. The number of carboxylic acid groups (broad SMARTS) is 1. The van der Waals surface area contributed by atoms with E-state index in [-0.39, 0.29) is 6.54 Å². The molecule has 0 aliphatic carbocycles. The van der Waals surface area contributed by atoms with Crippen LogP contribution in [0.15, 0.2) is 0 Å². The van der Waals surface area contributed by atoms with E-state index in [1.54, 1.807) is 0 Å². The molecule has 0 aliphatic heterocycles. The van der Waals surface area contributed by atoms with Gasteiger partial charge in [0.2, 0.25) is 10.0 Å². The Hall–Kier alpha value is -0.660. The van der Waals surface area contributed by atoms with Crippen LogP contribution in [0.3, 0.4) is 0 Å². The van der Waals surface area contributed by atoms with E-state index in [0.29, 0.717) is 6.54 Å². The Kier molecular flexibility index (Phi) is 5.66. The summed E-state index contributed by atoms with van der Waals surface area (Å²) in [5, 5.41) is 8.27. The van der Waals surface area contributed by atoms with Crippen LogP contribution < -0.4 is 4.72 Å². The lowest BCUT2D eigenvalue weighted by atomic mass is 10.5. The molecule has 0 rings (SSSR count). The third kappa shape index (κ3) is 6.81. The molecule has 2 N–H and O–H groups in total. The summed E-state index contributed by atoms with van der Waals surface area (Å²) in [6.07, 6.45) is 0. The van der Waals surface area contributed by atoms with Crippen molar-refractivity contribution < 1.29 is 18.3 Å². The van der Waals surface area contributed by atoms with Crippen molar-refractivity contribution in [3.8, 4) is 0 Å². The van der Waals surface area contributed by atoms with Gasteiger partial charge in [-0.1, -0.05) is 6.92 Å². The average molecular weight is 224 g/mol. The van der Waals surface area contributed by atoms with Crippen LogP contribution in [0.1, 0.15) is 6.92 Å². The first-order valence-corrected chi connectivity index (χ1v) is 5.90. The van der Waals surface area contributed by atoms with Crippen molar-refractivity contribution in [2.75, 3.05) is 32.4 Å². The highest BCUT2D eigenvalue weighted by molar-refractivity contribution is 7.90. The van der Waals surface area contributed by atoms with Gasteiger partial charge in [0.05, 0.1) is 0 Å². The molecule has 0 amide bonds. The van der Waals surface area contributed by atoms with E-state index in [9.17, 15) is 13.2 Å². The molecule has 0 saturated carbocycles. The zero-order chi connectivity index (χ0) is 11.2. The molecule has 0 aliphatic rings. The molecule has 0 aromatic heterocycles. The average Bonchev–Trinajstić information content (AvgIpc) is 2.01. The second-order valence-corrected chi connectivity index (χ2v) is 4.75. The van der Waals surface area contributed by atoms with Crippen molar-refractivity contribution in [3.05, 3.63) is 0 Å². The SMILES string of the molecule is CCN(C)CCNS(=O)(=O)CC(=O)O. The Bertz CT molecular complexity index is 275. The Morgan fingerprint density at radius 1 is 1.50 bits per heavy atom. The molecule has 0 aromatic carbocycles. The van der Waals surface area contributed by atoms with Gasteiger partial charge in [-0.05, 0) is 13.6 Å². The summed E-state index contributed by atoms with van der Waals surface area (Å²) in [6, 6.07) is 0. The standard InChI is InChI=1S/C7H16N2O4S/c1-3-9(2)5-4-8-14(12,13)6-7(10)11/h8H,3-6H2,1-2H3,(H,10,11). The summed E-state index contributed by atoms with van der Waals surface area (Å²) in [4.78, 5) is 12.1. The molecule has 14 heavy (non-hydrogen) atoms. The van der Waals surface area contributed by atoms with Crippen LogP contribution >= 0.6 is 0 Å². The molecular weight excluding hydrogens is 208 g/mol. The number of carbonyl (C=O) groups is 1. The fraction of sp³-hybridized carbons (Fsp3) is 0.857. The van der Waals surface area contributed by atoms with Gasteiger partial charge in [0.1, 0.15) is 0 Å². The number of nitrogens with zero attached hydrogens (tertiary/aromatic N) is 1. The van der Waals surface area contributed by atoms with Crippen molar-refractivity contribution in [1.82, 2.24) is 9.62 Å². The lowest BCUT2D eigenvalue weighted by Gasteiger charge is -2.13. The van der Waals surface area contributed by atoms with Gasteiger partial charge in [-0.3, -0.25) is 4.79 Å². The Morgan fingerprint density at radius 3 is 2.50 bits per heavy atom. The largest absolute Gasteiger partial charge is 0.480 e. The summed E-state index contributed by atoms with van der Waals surface area (Å²) in [5.41, 5.74) is 0. The van der Waals surface area contributed by atoms with E-state index in [1.165, 1.54) is 0 Å². The minimum atomic E-state index is -3.66. The first-order valence-electron chi connectivity index (χ1n) is 4.25. The predicted octanol–water partition coefficient (Wildman–Crippen LogP) is -1.06. The molecule has 0 spiro atoms. The lowest BCUT2D eigenvalue weighted by molar-refractivity contribution is -0.134.